The minimum atomic E-state index is -0.243. The summed E-state index contributed by atoms with van der Waals surface area (Å²) >= 11 is 11.9. The van der Waals surface area contributed by atoms with E-state index in [0.29, 0.717) is 17.3 Å². The number of rotatable bonds is 4. The Balaban J connectivity index is 2.28. The second-order valence-corrected chi connectivity index (χ2v) is 4.59. The number of benzene rings is 1. The van der Waals surface area contributed by atoms with Gasteiger partial charge in [-0.15, -0.1) is 11.6 Å². The van der Waals surface area contributed by atoms with Gasteiger partial charge in [0.15, 0.2) is 0 Å². The van der Waals surface area contributed by atoms with Crippen molar-refractivity contribution in [1.82, 2.24) is 5.27 Å². The molecule has 0 aliphatic carbocycles. The molecule has 0 unspecified atom stereocenters. The number of carbonyl (C=O) groups excluding carboxylic acids is 1. The van der Waals surface area contributed by atoms with Crippen LogP contribution >= 0.6 is 23.2 Å². The lowest BCUT2D eigenvalue weighted by atomic mass is 10.2. The highest BCUT2D eigenvalue weighted by atomic mass is 35.5. The van der Waals surface area contributed by atoms with Gasteiger partial charge in [0.2, 0.25) is 17.7 Å². The topological polar surface area (TPSA) is 59.0 Å². The van der Waals surface area contributed by atoms with E-state index in [-0.39, 0.29) is 17.7 Å². The molecule has 1 amide bonds. The van der Waals surface area contributed by atoms with E-state index in [1.54, 1.807) is 10.7 Å². The van der Waals surface area contributed by atoms with Crippen LogP contribution in [0.25, 0.3) is 0 Å². The standard InChI is InChI=1S/C12H11Cl2N3O2/c1-8(18)15-12-11(6-13)17(16-19-12)7-9-4-2-3-5-10(9)14/h2-5H,6-7H2,1H3/p+1. The molecular formula is C12H12Cl2N3O2+. The fraction of sp³-hybridized carbons (Fsp3) is 0.250. The van der Waals surface area contributed by atoms with E-state index < -0.39 is 0 Å². The first kappa shape index (κ1) is 13.8. The van der Waals surface area contributed by atoms with Crippen LogP contribution in [0.15, 0.2) is 28.8 Å². The highest BCUT2D eigenvalue weighted by Gasteiger charge is 2.25. The lowest BCUT2D eigenvalue weighted by molar-refractivity contribution is -0.760. The maximum Gasteiger partial charge on any atom is 0.306 e. The van der Waals surface area contributed by atoms with Gasteiger partial charge in [-0.25, -0.2) is 0 Å². The number of halogens is 2. The Labute approximate surface area is 120 Å². The third-order valence-electron chi connectivity index (χ3n) is 2.50. The monoisotopic (exact) mass is 300 g/mol. The zero-order valence-electron chi connectivity index (χ0n) is 10.2. The molecule has 0 radical (unpaired) electrons. The van der Waals surface area contributed by atoms with E-state index in [4.69, 9.17) is 27.7 Å². The lowest BCUT2D eigenvalue weighted by Crippen LogP contribution is -2.39. The minimum Gasteiger partial charge on any atom is -0.289 e. The van der Waals surface area contributed by atoms with Crippen molar-refractivity contribution in [3.05, 3.63) is 40.5 Å². The Morgan fingerprint density at radius 1 is 1.47 bits per heavy atom. The minimum absolute atomic E-state index is 0.170. The molecule has 0 spiro atoms. The van der Waals surface area contributed by atoms with Gasteiger partial charge in [-0.05, 0) is 10.7 Å². The molecule has 0 atom stereocenters. The number of aromatic nitrogens is 2. The predicted octanol–water partition coefficient (Wildman–Crippen LogP) is 2.36. The van der Waals surface area contributed by atoms with E-state index in [9.17, 15) is 4.79 Å². The molecule has 0 aliphatic rings. The first-order chi connectivity index (χ1) is 9.11. The number of anilines is 1. The number of hydrogen-bond donors (Lipinski definition) is 1. The summed E-state index contributed by atoms with van der Waals surface area (Å²) in [7, 11) is 0. The Morgan fingerprint density at radius 2 is 2.21 bits per heavy atom. The molecular weight excluding hydrogens is 289 g/mol. The van der Waals surface area contributed by atoms with Crippen molar-refractivity contribution in [2.24, 2.45) is 0 Å². The summed E-state index contributed by atoms with van der Waals surface area (Å²) in [6.45, 7) is 1.81. The Kier molecular flexibility index (Phi) is 4.39. The average Bonchev–Trinajstić information content (AvgIpc) is 2.73. The number of nitrogens with zero attached hydrogens (tertiary/aromatic N) is 2. The molecule has 0 saturated carbocycles. The molecule has 0 aliphatic heterocycles. The molecule has 2 rings (SSSR count). The maximum absolute atomic E-state index is 11.0. The van der Waals surface area contributed by atoms with Crippen LogP contribution in [0.3, 0.4) is 0 Å². The van der Waals surface area contributed by atoms with Gasteiger partial charge in [0, 0.05) is 12.5 Å². The first-order valence-corrected chi connectivity index (χ1v) is 6.48. The molecule has 19 heavy (non-hydrogen) atoms. The second kappa shape index (κ2) is 6.04. The Hall–Kier alpha value is -1.59. The smallest absolute Gasteiger partial charge is 0.289 e. The normalized spacial score (nSPS) is 10.5. The predicted molar refractivity (Wildman–Crippen MR) is 71.1 cm³/mol. The van der Waals surface area contributed by atoms with E-state index in [1.165, 1.54) is 6.92 Å². The number of carbonyl (C=O) groups is 1. The molecule has 0 bridgehead atoms. The van der Waals surface area contributed by atoms with Crippen LogP contribution in [0.1, 0.15) is 18.2 Å². The zero-order valence-corrected chi connectivity index (χ0v) is 11.7. The summed E-state index contributed by atoms with van der Waals surface area (Å²) in [5, 5.41) is 7.04. The van der Waals surface area contributed by atoms with Crippen LogP contribution in [0, 0.1) is 0 Å². The molecule has 5 nitrogen and oxygen atoms in total. The van der Waals surface area contributed by atoms with Gasteiger partial charge >= 0.3 is 5.88 Å². The molecule has 1 aromatic carbocycles. The molecule has 1 aromatic heterocycles. The van der Waals surface area contributed by atoms with Crippen molar-refractivity contribution in [2.45, 2.75) is 19.3 Å². The molecule has 100 valence electrons. The van der Waals surface area contributed by atoms with Gasteiger partial charge in [-0.1, -0.05) is 29.8 Å². The van der Waals surface area contributed by atoms with Gasteiger partial charge in [0.25, 0.3) is 5.69 Å². The molecule has 7 heteroatoms. The highest BCUT2D eigenvalue weighted by molar-refractivity contribution is 6.31. The lowest BCUT2D eigenvalue weighted by Gasteiger charge is -1.98. The molecule has 0 fully saturated rings. The van der Waals surface area contributed by atoms with E-state index in [0.717, 1.165) is 5.56 Å². The van der Waals surface area contributed by atoms with Crippen molar-refractivity contribution >= 4 is 35.0 Å². The zero-order chi connectivity index (χ0) is 13.8. The second-order valence-electron chi connectivity index (χ2n) is 3.91. The van der Waals surface area contributed by atoms with E-state index in [2.05, 4.69) is 10.6 Å². The summed E-state index contributed by atoms with van der Waals surface area (Å²) in [6.07, 6.45) is 0. The first-order valence-electron chi connectivity index (χ1n) is 5.57. The van der Waals surface area contributed by atoms with Crippen molar-refractivity contribution in [2.75, 3.05) is 5.32 Å². The Morgan fingerprint density at radius 3 is 2.84 bits per heavy atom. The summed E-state index contributed by atoms with van der Waals surface area (Å²) in [5.74, 6) is 0.186. The molecule has 1 heterocycles. The number of alkyl halides is 1. The fourth-order valence-electron chi connectivity index (χ4n) is 1.61. The fourth-order valence-corrected chi connectivity index (χ4v) is 2.06. The van der Waals surface area contributed by atoms with Gasteiger partial charge in [0.05, 0.1) is 5.02 Å². The summed E-state index contributed by atoms with van der Waals surface area (Å²) in [4.78, 5) is 11.0. The van der Waals surface area contributed by atoms with Crippen LogP contribution in [0.4, 0.5) is 5.88 Å². The average molecular weight is 301 g/mol. The van der Waals surface area contributed by atoms with Crippen molar-refractivity contribution in [1.29, 1.82) is 0 Å². The van der Waals surface area contributed by atoms with E-state index in [1.807, 2.05) is 18.2 Å². The highest BCUT2D eigenvalue weighted by Crippen LogP contribution is 2.17. The van der Waals surface area contributed by atoms with E-state index >= 15 is 0 Å². The van der Waals surface area contributed by atoms with Crippen LogP contribution in [0.5, 0.6) is 0 Å². The van der Waals surface area contributed by atoms with Crippen LogP contribution in [-0.4, -0.2) is 11.2 Å². The van der Waals surface area contributed by atoms with Gasteiger partial charge in [-0.2, -0.15) is 0 Å². The van der Waals surface area contributed by atoms with Crippen molar-refractivity contribution < 1.29 is 14.0 Å². The summed E-state index contributed by atoms with van der Waals surface area (Å²) < 4.78 is 6.63. The summed E-state index contributed by atoms with van der Waals surface area (Å²) in [6, 6.07) is 7.42. The van der Waals surface area contributed by atoms with Gasteiger partial charge < -0.3 is 0 Å². The third kappa shape index (κ3) is 3.24. The number of nitrogens with one attached hydrogen (secondary N) is 1. The van der Waals surface area contributed by atoms with Gasteiger partial charge in [-0.3, -0.25) is 14.6 Å². The van der Waals surface area contributed by atoms with Crippen LogP contribution in [0.2, 0.25) is 5.02 Å². The molecule has 0 saturated heterocycles. The Bertz CT molecular complexity index is 598. The summed E-state index contributed by atoms with van der Waals surface area (Å²) in [5.41, 5.74) is 1.49. The van der Waals surface area contributed by atoms with Crippen LogP contribution < -0.4 is 10.00 Å². The quantitative estimate of drug-likeness (QED) is 0.696. The van der Waals surface area contributed by atoms with Crippen LogP contribution in [-0.2, 0) is 17.2 Å². The SMILES string of the molecule is CC(=O)Nc1on[n+](Cc2ccccc2Cl)c1CCl. The van der Waals surface area contributed by atoms with Crippen molar-refractivity contribution in [3.8, 4) is 0 Å². The van der Waals surface area contributed by atoms with Crippen molar-refractivity contribution in [3.63, 3.8) is 0 Å². The molecule has 2 aromatic rings. The molecule has 1 N–H and O–H groups in total. The third-order valence-corrected chi connectivity index (χ3v) is 3.12. The largest absolute Gasteiger partial charge is 0.306 e. The maximum atomic E-state index is 11.0. The number of hydrogen-bond acceptors (Lipinski definition) is 3. The number of amides is 1. The van der Waals surface area contributed by atoms with Gasteiger partial charge in [0.1, 0.15) is 5.88 Å².